The fourth-order valence-corrected chi connectivity index (χ4v) is 4.35. The Hall–Kier alpha value is -4.26. The zero-order valence-electron chi connectivity index (χ0n) is 20.3. The molecule has 0 unspecified atom stereocenters. The fourth-order valence-electron chi connectivity index (χ4n) is 4.35. The SMILES string of the molecule is CCn1cc(CN2CCc3[nH]c(=O)ccc3C2)c(CN2C(=O)c3ccccc3C2=O)n1.O=C(O)C(F)(F)F. The molecule has 10 nitrogen and oxygen atoms in total. The van der Waals surface area contributed by atoms with Crippen LogP contribution in [-0.4, -0.2) is 60.2 Å². The Morgan fingerprint density at radius 3 is 2.26 bits per heavy atom. The van der Waals surface area contributed by atoms with Gasteiger partial charge in [0.2, 0.25) is 5.56 Å². The number of benzene rings is 1. The van der Waals surface area contributed by atoms with Gasteiger partial charge in [0.1, 0.15) is 0 Å². The molecule has 0 saturated carbocycles. The molecule has 1 aromatic carbocycles. The van der Waals surface area contributed by atoms with Crippen molar-refractivity contribution in [2.75, 3.05) is 6.54 Å². The summed E-state index contributed by atoms with van der Waals surface area (Å²) < 4.78 is 33.6. The highest BCUT2D eigenvalue weighted by atomic mass is 19.4. The van der Waals surface area contributed by atoms with Crippen molar-refractivity contribution in [1.29, 1.82) is 0 Å². The van der Waals surface area contributed by atoms with Crippen molar-refractivity contribution in [3.63, 3.8) is 0 Å². The third-order valence-corrected chi connectivity index (χ3v) is 6.24. The highest BCUT2D eigenvalue weighted by Gasteiger charge is 2.38. The molecule has 0 fully saturated rings. The standard InChI is InChI=1S/C23H23N5O3.C2HF3O2/c1-2-27-13-16(12-26-10-9-19-15(11-26)7-8-21(29)24-19)20(25-27)14-28-22(30)17-5-3-4-6-18(17)23(28)31;3-2(4,5)1(6)7/h3-8,13H,2,9-12,14H2,1H3,(H,24,29);(H,6,7). The molecule has 2 aliphatic rings. The van der Waals surface area contributed by atoms with Crippen molar-refractivity contribution < 1.29 is 32.7 Å². The summed E-state index contributed by atoms with van der Waals surface area (Å²) in [6.07, 6.45) is -2.31. The number of aliphatic carboxylic acids is 1. The molecule has 0 radical (unpaired) electrons. The molecule has 0 atom stereocenters. The Bertz CT molecular complexity index is 1410. The van der Waals surface area contributed by atoms with E-state index in [2.05, 4.69) is 15.0 Å². The van der Waals surface area contributed by atoms with Gasteiger partial charge in [-0.25, -0.2) is 4.79 Å². The minimum Gasteiger partial charge on any atom is -0.475 e. The molecular weight excluding hydrogens is 507 g/mol. The molecule has 0 spiro atoms. The van der Waals surface area contributed by atoms with Crippen molar-refractivity contribution >= 4 is 17.8 Å². The lowest BCUT2D eigenvalue weighted by molar-refractivity contribution is -0.192. The van der Waals surface area contributed by atoms with E-state index in [9.17, 15) is 27.6 Å². The molecule has 0 bridgehead atoms. The predicted octanol–water partition coefficient (Wildman–Crippen LogP) is 2.58. The molecule has 5 rings (SSSR count). The van der Waals surface area contributed by atoms with Gasteiger partial charge in [-0.1, -0.05) is 18.2 Å². The molecule has 0 saturated heterocycles. The largest absolute Gasteiger partial charge is 0.490 e. The summed E-state index contributed by atoms with van der Waals surface area (Å²) in [5.74, 6) is -3.30. The number of aromatic amines is 1. The van der Waals surface area contributed by atoms with Crippen molar-refractivity contribution in [2.45, 2.75) is 45.7 Å². The number of nitrogens with one attached hydrogen (secondary N) is 1. The first kappa shape index (κ1) is 26.8. The van der Waals surface area contributed by atoms with E-state index in [4.69, 9.17) is 9.90 Å². The topological polar surface area (TPSA) is 129 Å². The average Bonchev–Trinajstić information content (AvgIpc) is 3.37. The first-order valence-electron chi connectivity index (χ1n) is 11.7. The average molecular weight is 531 g/mol. The minimum absolute atomic E-state index is 0.0698. The van der Waals surface area contributed by atoms with Crippen LogP contribution in [0.25, 0.3) is 0 Å². The summed E-state index contributed by atoms with van der Waals surface area (Å²) in [5.41, 5.74) is 4.70. The second kappa shape index (κ2) is 10.6. The Labute approximate surface area is 214 Å². The maximum Gasteiger partial charge on any atom is 0.490 e. The Kier molecular flexibility index (Phi) is 7.49. The Balaban J connectivity index is 0.000000426. The second-order valence-corrected chi connectivity index (χ2v) is 8.79. The number of H-pyrrole nitrogens is 1. The summed E-state index contributed by atoms with van der Waals surface area (Å²) >= 11 is 0. The smallest absolute Gasteiger partial charge is 0.475 e. The number of aryl methyl sites for hydroxylation is 1. The zero-order valence-corrected chi connectivity index (χ0v) is 20.3. The highest BCUT2D eigenvalue weighted by molar-refractivity contribution is 6.21. The van der Waals surface area contributed by atoms with Crippen LogP contribution in [0.15, 0.2) is 47.4 Å². The van der Waals surface area contributed by atoms with Crippen LogP contribution in [0.2, 0.25) is 0 Å². The first-order valence-corrected chi connectivity index (χ1v) is 11.7. The number of carbonyl (C=O) groups is 3. The summed E-state index contributed by atoms with van der Waals surface area (Å²) in [6.45, 7) is 5.09. The fraction of sp³-hybridized carbons (Fsp3) is 0.320. The van der Waals surface area contributed by atoms with Crippen molar-refractivity contribution in [3.8, 4) is 0 Å². The van der Waals surface area contributed by atoms with Crippen LogP contribution in [0.5, 0.6) is 0 Å². The third kappa shape index (κ3) is 5.67. The van der Waals surface area contributed by atoms with Crippen LogP contribution < -0.4 is 5.56 Å². The molecule has 3 aromatic rings. The van der Waals surface area contributed by atoms with Crippen LogP contribution in [0.1, 0.15) is 50.2 Å². The molecule has 38 heavy (non-hydrogen) atoms. The van der Waals surface area contributed by atoms with E-state index in [1.165, 1.54) is 4.90 Å². The number of alkyl halides is 3. The number of carboxylic acid groups (broad SMARTS) is 1. The molecule has 13 heteroatoms. The second-order valence-electron chi connectivity index (χ2n) is 8.79. The quantitative estimate of drug-likeness (QED) is 0.485. The number of halogens is 3. The number of rotatable bonds is 5. The van der Waals surface area contributed by atoms with Crippen LogP contribution in [0.3, 0.4) is 0 Å². The van der Waals surface area contributed by atoms with E-state index in [-0.39, 0.29) is 23.9 Å². The molecular formula is C25H24F3N5O5. The number of carbonyl (C=O) groups excluding carboxylic acids is 2. The van der Waals surface area contributed by atoms with Gasteiger partial charge in [0.05, 0.1) is 23.4 Å². The van der Waals surface area contributed by atoms with Crippen LogP contribution in [0.4, 0.5) is 13.2 Å². The number of imide groups is 1. The van der Waals surface area contributed by atoms with E-state index >= 15 is 0 Å². The number of fused-ring (bicyclic) bond motifs is 2. The molecule has 4 heterocycles. The van der Waals surface area contributed by atoms with Crippen molar-refractivity contribution in [3.05, 3.63) is 86.6 Å². The maximum absolute atomic E-state index is 12.8. The number of amides is 2. The summed E-state index contributed by atoms with van der Waals surface area (Å²) in [5, 5.41) is 11.8. The van der Waals surface area contributed by atoms with E-state index < -0.39 is 12.1 Å². The van der Waals surface area contributed by atoms with E-state index in [0.29, 0.717) is 24.2 Å². The lowest BCUT2D eigenvalue weighted by Crippen LogP contribution is -2.33. The van der Waals surface area contributed by atoms with Crippen molar-refractivity contribution in [1.82, 2.24) is 24.6 Å². The van der Waals surface area contributed by atoms with Gasteiger partial charge in [-0.05, 0) is 24.6 Å². The molecule has 0 aliphatic carbocycles. The Morgan fingerprint density at radius 1 is 1.05 bits per heavy atom. The van der Waals surface area contributed by atoms with Crippen LogP contribution in [0, 0.1) is 0 Å². The maximum atomic E-state index is 12.8. The summed E-state index contributed by atoms with van der Waals surface area (Å²) in [4.78, 5) is 52.5. The number of hydrogen-bond acceptors (Lipinski definition) is 6. The Morgan fingerprint density at radius 2 is 1.68 bits per heavy atom. The summed E-state index contributed by atoms with van der Waals surface area (Å²) in [7, 11) is 0. The minimum atomic E-state index is -5.08. The zero-order chi connectivity index (χ0) is 27.6. The van der Waals surface area contributed by atoms with Gasteiger partial charge >= 0.3 is 12.1 Å². The van der Waals surface area contributed by atoms with Gasteiger partial charge in [-0.15, -0.1) is 0 Å². The van der Waals surface area contributed by atoms with E-state index in [0.717, 1.165) is 42.0 Å². The summed E-state index contributed by atoms with van der Waals surface area (Å²) in [6, 6.07) is 10.4. The number of aromatic nitrogens is 3. The van der Waals surface area contributed by atoms with E-state index in [1.54, 1.807) is 30.3 Å². The lowest BCUT2D eigenvalue weighted by atomic mass is 10.0. The van der Waals surface area contributed by atoms with Crippen LogP contribution in [-0.2, 0) is 37.4 Å². The van der Waals surface area contributed by atoms with Gasteiger partial charge in [-0.2, -0.15) is 18.3 Å². The molecule has 200 valence electrons. The number of nitrogens with zero attached hydrogens (tertiary/aromatic N) is 4. The molecule has 2 aromatic heterocycles. The predicted molar refractivity (Wildman–Crippen MR) is 127 cm³/mol. The third-order valence-electron chi connectivity index (χ3n) is 6.24. The number of carboxylic acids is 1. The van der Waals surface area contributed by atoms with E-state index in [1.807, 2.05) is 23.9 Å². The molecule has 2 amide bonds. The molecule has 2 aliphatic heterocycles. The van der Waals surface area contributed by atoms with Gasteiger partial charge in [0, 0.05) is 56.1 Å². The van der Waals surface area contributed by atoms with Gasteiger partial charge in [0.15, 0.2) is 0 Å². The number of pyridine rings is 1. The van der Waals surface area contributed by atoms with Gasteiger partial charge < -0.3 is 10.1 Å². The monoisotopic (exact) mass is 531 g/mol. The van der Waals surface area contributed by atoms with Crippen molar-refractivity contribution in [2.24, 2.45) is 0 Å². The molecule has 2 N–H and O–H groups in total. The highest BCUT2D eigenvalue weighted by Crippen LogP contribution is 2.26. The van der Waals surface area contributed by atoms with Crippen LogP contribution >= 0.6 is 0 Å². The van der Waals surface area contributed by atoms with Gasteiger partial charge in [0.25, 0.3) is 11.8 Å². The van der Waals surface area contributed by atoms with Gasteiger partial charge in [-0.3, -0.25) is 28.9 Å². The first-order chi connectivity index (χ1) is 18.0. The number of hydrogen-bond donors (Lipinski definition) is 2. The lowest BCUT2D eigenvalue weighted by Gasteiger charge is -2.28. The normalized spacial score (nSPS) is 15.1.